The number of nitrogens with zero attached hydrogens (tertiary/aromatic N) is 1. The van der Waals surface area contributed by atoms with Crippen LogP contribution in [-0.2, 0) is 9.59 Å². The van der Waals surface area contributed by atoms with E-state index in [1.807, 2.05) is 49.4 Å². The Morgan fingerprint density at radius 2 is 1.53 bits per heavy atom. The molecule has 8 heteroatoms. The molecule has 36 heavy (non-hydrogen) atoms. The molecule has 1 aliphatic rings. The van der Waals surface area contributed by atoms with Crippen molar-refractivity contribution >= 4 is 46.5 Å². The van der Waals surface area contributed by atoms with Crippen molar-refractivity contribution in [2.45, 2.75) is 11.8 Å². The van der Waals surface area contributed by atoms with Gasteiger partial charge in [-0.3, -0.25) is 14.4 Å². The van der Waals surface area contributed by atoms with Crippen molar-refractivity contribution in [3.63, 3.8) is 0 Å². The zero-order chi connectivity index (χ0) is 25.1. The molecule has 3 amide bonds. The summed E-state index contributed by atoms with van der Waals surface area (Å²) in [6.07, 6.45) is 1.43. The average molecular weight is 496 g/mol. The lowest BCUT2D eigenvalue weighted by atomic mass is 10.2. The van der Waals surface area contributed by atoms with Crippen LogP contribution in [0.4, 0.5) is 17.1 Å². The number of carbonyl (C=O) groups is 3. The van der Waals surface area contributed by atoms with Gasteiger partial charge in [0, 0.05) is 16.3 Å². The van der Waals surface area contributed by atoms with E-state index >= 15 is 0 Å². The quantitative estimate of drug-likeness (QED) is 0.314. The Kier molecular flexibility index (Phi) is 6.42. The first-order valence-corrected chi connectivity index (χ1v) is 12.0. The van der Waals surface area contributed by atoms with Crippen LogP contribution >= 0.6 is 11.8 Å². The number of imide groups is 1. The third kappa shape index (κ3) is 4.80. The Morgan fingerprint density at radius 1 is 0.806 bits per heavy atom. The van der Waals surface area contributed by atoms with E-state index in [1.54, 1.807) is 48.5 Å². The molecule has 0 radical (unpaired) electrons. The smallest absolute Gasteiger partial charge is 0.291 e. The van der Waals surface area contributed by atoms with Crippen LogP contribution in [0.3, 0.4) is 0 Å². The standard InChI is InChI=1S/C28H21N3O4S/c1-18-9-13-21(14-10-18)31-27(33)24(29-19-6-3-2-4-7-19)25(28(31)34)36-22-15-11-20(12-16-22)30-26(32)23-8-5-17-35-23/h2-17,29H,1H3,(H,30,32). The van der Waals surface area contributed by atoms with Gasteiger partial charge in [-0.2, -0.15) is 0 Å². The summed E-state index contributed by atoms with van der Waals surface area (Å²) < 4.78 is 5.11. The monoisotopic (exact) mass is 495 g/mol. The predicted molar refractivity (Wildman–Crippen MR) is 140 cm³/mol. The van der Waals surface area contributed by atoms with Gasteiger partial charge in [0.1, 0.15) is 10.6 Å². The first-order valence-electron chi connectivity index (χ1n) is 11.1. The van der Waals surface area contributed by atoms with E-state index in [4.69, 9.17) is 4.42 Å². The number of aryl methyl sites for hydroxylation is 1. The average Bonchev–Trinajstić information content (AvgIpc) is 3.51. The van der Waals surface area contributed by atoms with Crippen LogP contribution in [0.5, 0.6) is 0 Å². The fraction of sp³-hybridized carbons (Fsp3) is 0.0357. The highest BCUT2D eigenvalue weighted by Crippen LogP contribution is 2.38. The van der Waals surface area contributed by atoms with Gasteiger partial charge in [-0.05, 0) is 67.6 Å². The Bertz CT molecular complexity index is 1450. The molecule has 2 heterocycles. The summed E-state index contributed by atoms with van der Waals surface area (Å²) in [4.78, 5) is 41.3. The number of carbonyl (C=O) groups excluding carboxylic acids is 3. The van der Waals surface area contributed by atoms with Gasteiger partial charge < -0.3 is 15.1 Å². The van der Waals surface area contributed by atoms with Crippen molar-refractivity contribution in [2.75, 3.05) is 15.5 Å². The third-order valence-electron chi connectivity index (χ3n) is 5.45. The van der Waals surface area contributed by atoms with E-state index in [1.165, 1.54) is 22.9 Å². The summed E-state index contributed by atoms with van der Waals surface area (Å²) in [6.45, 7) is 1.94. The predicted octanol–water partition coefficient (Wildman–Crippen LogP) is 5.83. The topological polar surface area (TPSA) is 91.7 Å². The molecule has 0 fully saturated rings. The molecule has 0 atom stereocenters. The number of para-hydroxylation sites is 1. The number of hydrogen-bond acceptors (Lipinski definition) is 6. The molecule has 0 saturated heterocycles. The summed E-state index contributed by atoms with van der Waals surface area (Å²) in [7, 11) is 0. The van der Waals surface area contributed by atoms with Gasteiger partial charge in [0.2, 0.25) is 0 Å². The highest BCUT2D eigenvalue weighted by molar-refractivity contribution is 8.04. The SMILES string of the molecule is Cc1ccc(N2C(=O)C(Nc3ccccc3)=C(Sc3ccc(NC(=O)c4ccco4)cc3)C2=O)cc1. The zero-order valence-corrected chi connectivity index (χ0v) is 20.0. The first kappa shape index (κ1) is 23.2. The summed E-state index contributed by atoms with van der Waals surface area (Å²) >= 11 is 1.19. The van der Waals surface area contributed by atoms with Crippen LogP contribution in [0.25, 0.3) is 0 Å². The maximum Gasteiger partial charge on any atom is 0.291 e. The van der Waals surface area contributed by atoms with Crippen molar-refractivity contribution in [2.24, 2.45) is 0 Å². The summed E-state index contributed by atoms with van der Waals surface area (Å²) in [6, 6.07) is 26.7. The molecule has 0 unspecified atom stereocenters. The van der Waals surface area contributed by atoms with Gasteiger partial charge in [0.25, 0.3) is 17.7 Å². The molecule has 0 bridgehead atoms. The third-order valence-corrected chi connectivity index (χ3v) is 6.54. The zero-order valence-electron chi connectivity index (χ0n) is 19.2. The number of rotatable bonds is 7. The van der Waals surface area contributed by atoms with E-state index in [2.05, 4.69) is 10.6 Å². The van der Waals surface area contributed by atoms with Crippen molar-refractivity contribution in [1.82, 2.24) is 0 Å². The maximum absolute atomic E-state index is 13.5. The van der Waals surface area contributed by atoms with Crippen LogP contribution in [0.2, 0.25) is 0 Å². The van der Waals surface area contributed by atoms with Gasteiger partial charge in [0.05, 0.1) is 12.0 Å². The Balaban J connectivity index is 1.41. The molecule has 4 aromatic rings. The Labute approximate surface area is 211 Å². The molecule has 0 spiro atoms. The maximum atomic E-state index is 13.5. The second kappa shape index (κ2) is 9.97. The minimum atomic E-state index is -0.419. The fourth-order valence-corrected chi connectivity index (χ4v) is 4.56. The molecule has 0 saturated carbocycles. The van der Waals surface area contributed by atoms with Crippen LogP contribution < -0.4 is 15.5 Å². The van der Waals surface area contributed by atoms with E-state index in [-0.39, 0.29) is 22.3 Å². The molecular formula is C28H21N3O4S. The van der Waals surface area contributed by atoms with Gasteiger partial charge in [-0.15, -0.1) is 0 Å². The Morgan fingerprint density at radius 3 is 2.19 bits per heavy atom. The minimum Gasteiger partial charge on any atom is -0.459 e. The van der Waals surface area contributed by atoms with E-state index < -0.39 is 11.8 Å². The second-order valence-electron chi connectivity index (χ2n) is 8.03. The van der Waals surface area contributed by atoms with Crippen LogP contribution in [-0.4, -0.2) is 17.7 Å². The van der Waals surface area contributed by atoms with Crippen molar-refractivity contribution < 1.29 is 18.8 Å². The number of amides is 3. The lowest BCUT2D eigenvalue weighted by Gasteiger charge is -2.15. The number of hydrogen-bond donors (Lipinski definition) is 2. The fourth-order valence-electron chi connectivity index (χ4n) is 3.63. The molecule has 5 rings (SSSR count). The molecule has 2 N–H and O–H groups in total. The second-order valence-corrected chi connectivity index (χ2v) is 9.12. The van der Waals surface area contributed by atoms with Crippen LogP contribution in [0.1, 0.15) is 16.1 Å². The molecule has 3 aromatic carbocycles. The lowest BCUT2D eigenvalue weighted by molar-refractivity contribution is -0.120. The number of anilines is 3. The van der Waals surface area contributed by atoms with Gasteiger partial charge in [-0.1, -0.05) is 47.7 Å². The summed E-state index contributed by atoms with van der Waals surface area (Å²) in [5.74, 6) is -0.968. The molecule has 1 aromatic heterocycles. The first-order chi connectivity index (χ1) is 17.5. The molecule has 178 valence electrons. The normalized spacial score (nSPS) is 13.3. The van der Waals surface area contributed by atoms with E-state index in [9.17, 15) is 14.4 Å². The van der Waals surface area contributed by atoms with E-state index in [0.29, 0.717) is 17.1 Å². The highest BCUT2D eigenvalue weighted by Gasteiger charge is 2.40. The van der Waals surface area contributed by atoms with Gasteiger partial charge in [0.15, 0.2) is 5.76 Å². The summed E-state index contributed by atoms with van der Waals surface area (Å²) in [5, 5.41) is 5.89. The van der Waals surface area contributed by atoms with Crippen molar-refractivity contribution in [3.8, 4) is 0 Å². The van der Waals surface area contributed by atoms with Crippen molar-refractivity contribution in [3.05, 3.63) is 119 Å². The lowest BCUT2D eigenvalue weighted by Crippen LogP contribution is -2.32. The van der Waals surface area contributed by atoms with Gasteiger partial charge in [-0.25, -0.2) is 4.90 Å². The van der Waals surface area contributed by atoms with Crippen LogP contribution in [0.15, 0.2) is 117 Å². The molecule has 0 aliphatic carbocycles. The highest BCUT2D eigenvalue weighted by atomic mass is 32.2. The number of benzene rings is 3. The van der Waals surface area contributed by atoms with Crippen molar-refractivity contribution in [1.29, 1.82) is 0 Å². The molecular weight excluding hydrogens is 474 g/mol. The largest absolute Gasteiger partial charge is 0.459 e. The van der Waals surface area contributed by atoms with Crippen LogP contribution in [0, 0.1) is 6.92 Å². The minimum absolute atomic E-state index is 0.210. The Hall–Kier alpha value is -4.56. The van der Waals surface area contributed by atoms with Gasteiger partial charge >= 0.3 is 0 Å². The summed E-state index contributed by atoms with van der Waals surface area (Å²) in [5.41, 5.74) is 3.03. The number of thioether (sulfide) groups is 1. The van der Waals surface area contributed by atoms with E-state index in [0.717, 1.165) is 10.5 Å². The molecule has 7 nitrogen and oxygen atoms in total. The number of furan rings is 1. The molecule has 1 aliphatic heterocycles. The number of nitrogens with one attached hydrogen (secondary N) is 2.